The minimum absolute atomic E-state index is 0.0955. The lowest BCUT2D eigenvalue weighted by molar-refractivity contribution is -0.386. The van der Waals surface area contributed by atoms with Gasteiger partial charge in [0.1, 0.15) is 0 Å². The van der Waals surface area contributed by atoms with Gasteiger partial charge in [0.15, 0.2) is 5.79 Å². The van der Waals surface area contributed by atoms with Gasteiger partial charge in [-0.2, -0.15) is 0 Å². The molecule has 0 saturated heterocycles. The van der Waals surface area contributed by atoms with Gasteiger partial charge in [-0.3, -0.25) is 10.1 Å². The van der Waals surface area contributed by atoms with Gasteiger partial charge in [-0.15, -0.1) is 0 Å². The van der Waals surface area contributed by atoms with E-state index in [2.05, 4.69) is 0 Å². The first-order valence-corrected chi connectivity index (χ1v) is 4.07. The highest BCUT2D eigenvalue weighted by atomic mass is 16.6. The zero-order chi connectivity index (χ0) is 10.8. The minimum Gasteiger partial charge on any atom is -0.366 e. The van der Waals surface area contributed by atoms with E-state index in [0.717, 1.165) is 0 Å². The molecule has 1 rings (SSSR count). The summed E-state index contributed by atoms with van der Waals surface area (Å²) in [6.45, 7) is 1.18. The molecule has 0 atom stereocenters. The normalized spacial score (nSPS) is 11.4. The molecule has 76 valence electrons. The second-order valence-corrected chi connectivity index (χ2v) is 3.28. The summed E-state index contributed by atoms with van der Waals surface area (Å²) in [6.07, 6.45) is -0.163. The van der Waals surface area contributed by atoms with Crippen LogP contribution in [0.2, 0.25) is 0 Å². The highest BCUT2D eigenvalue weighted by Crippen LogP contribution is 2.21. The van der Waals surface area contributed by atoms with Crippen molar-refractivity contribution in [2.45, 2.75) is 19.1 Å². The van der Waals surface area contributed by atoms with Crippen LogP contribution in [-0.4, -0.2) is 20.9 Å². The van der Waals surface area contributed by atoms with Gasteiger partial charge in [-0.05, 0) is 6.92 Å². The maximum absolute atomic E-state index is 10.5. The van der Waals surface area contributed by atoms with Crippen molar-refractivity contribution < 1.29 is 15.1 Å². The molecule has 0 spiro atoms. The lowest BCUT2D eigenvalue weighted by atomic mass is 10.0. The summed E-state index contributed by atoms with van der Waals surface area (Å²) in [7, 11) is 0. The molecule has 0 aliphatic rings. The third-order valence-corrected chi connectivity index (χ3v) is 1.71. The van der Waals surface area contributed by atoms with E-state index in [1.165, 1.54) is 25.1 Å². The van der Waals surface area contributed by atoms with Crippen molar-refractivity contribution in [2.24, 2.45) is 0 Å². The Kier molecular flexibility index (Phi) is 2.83. The number of hydrogen-bond donors (Lipinski definition) is 2. The number of aliphatic hydroxyl groups is 2. The van der Waals surface area contributed by atoms with Crippen LogP contribution in [0, 0.1) is 10.1 Å². The predicted molar refractivity (Wildman–Crippen MR) is 49.6 cm³/mol. The van der Waals surface area contributed by atoms with Crippen molar-refractivity contribution in [1.82, 2.24) is 0 Å². The third-order valence-electron chi connectivity index (χ3n) is 1.71. The molecule has 0 amide bonds. The zero-order valence-corrected chi connectivity index (χ0v) is 7.67. The van der Waals surface area contributed by atoms with Crippen molar-refractivity contribution in [1.29, 1.82) is 0 Å². The van der Waals surface area contributed by atoms with E-state index in [-0.39, 0.29) is 12.1 Å². The van der Waals surface area contributed by atoms with Crippen LogP contribution >= 0.6 is 0 Å². The standard InChI is InChI=1S/C9H11NO4/c1-9(11,12)6-7-4-2-3-5-8(7)10(13)14/h2-5,11-12H,6H2,1H3. The zero-order valence-electron chi connectivity index (χ0n) is 7.67. The topological polar surface area (TPSA) is 83.6 Å². The van der Waals surface area contributed by atoms with Crippen molar-refractivity contribution >= 4 is 5.69 Å². The Hall–Kier alpha value is -1.46. The summed E-state index contributed by atoms with van der Waals surface area (Å²) in [4.78, 5) is 10.0. The molecule has 0 heterocycles. The van der Waals surface area contributed by atoms with Crippen LogP contribution in [0.5, 0.6) is 0 Å². The molecule has 0 bridgehead atoms. The van der Waals surface area contributed by atoms with Crippen LogP contribution in [0.4, 0.5) is 5.69 Å². The van der Waals surface area contributed by atoms with Crippen molar-refractivity contribution in [3.8, 4) is 0 Å². The van der Waals surface area contributed by atoms with Crippen LogP contribution in [0.25, 0.3) is 0 Å². The van der Waals surface area contributed by atoms with Crippen molar-refractivity contribution in [3.63, 3.8) is 0 Å². The summed E-state index contributed by atoms with van der Waals surface area (Å²) in [5.41, 5.74) is 0.215. The molecule has 1 aromatic carbocycles. The molecule has 5 heteroatoms. The summed E-state index contributed by atoms with van der Waals surface area (Å²) < 4.78 is 0. The molecule has 0 aliphatic carbocycles. The highest BCUT2D eigenvalue weighted by molar-refractivity contribution is 5.40. The molecular formula is C9H11NO4. The Balaban J connectivity index is 3.02. The fraction of sp³-hybridized carbons (Fsp3) is 0.333. The van der Waals surface area contributed by atoms with Gasteiger partial charge >= 0.3 is 0 Å². The number of benzene rings is 1. The molecule has 5 nitrogen and oxygen atoms in total. The molecule has 0 fully saturated rings. The predicted octanol–water partition coefficient (Wildman–Crippen LogP) is 0.838. The SMILES string of the molecule is CC(O)(O)Cc1ccccc1[N+](=O)[O-]. The molecule has 0 saturated carbocycles. The van der Waals surface area contributed by atoms with E-state index in [1.54, 1.807) is 6.07 Å². The molecule has 0 aliphatic heterocycles. The Labute approximate surface area is 80.8 Å². The quantitative estimate of drug-likeness (QED) is 0.427. The summed E-state index contributed by atoms with van der Waals surface area (Å²) in [6, 6.07) is 5.99. The fourth-order valence-electron chi connectivity index (χ4n) is 1.20. The highest BCUT2D eigenvalue weighted by Gasteiger charge is 2.21. The largest absolute Gasteiger partial charge is 0.366 e. The van der Waals surface area contributed by atoms with Gasteiger partial charge in [0.05, 0.1) is 4.92 Å². The second-order valence-electron chi connectivity index (χ2n) is 3.28. The van der Waals surface area contributed by atoms with E-state index in [4.69, 9.17) is 10.2 Å². The van der Waals surface area contributed by atoms with Crippen LogP contribution in [-0.2, 0) is 6.42 Å². The molecule has 1 aromatic rings. The molecule has 0 aromatic heterocycles. The molecule has 14 heavy (non-hydrogen) atoms. The fourth-order valence-corrected chi connectivity index (χ4v) is 1.20. The number of hydrogen-bond acceptors (Lipinski definition) is 4. The van der Waals surface area contributed by atoms with Gasteiger partial charge < -0.3 is 10.2 Å². The number of rotatable bonds is 3. The van der Waals surface area contributed by atoms with E-state index in [1.807, 2.05) is 0 Å². The second kappa shape index (κ2) is 3.73. The average Bonchev–Trinajstić information content (AvgIpc) is 2.01. The van der Waals surface area contributed by atoms with E-state index >= 15 is 0 Å². The van der Waals surface area contributed by atoms with Crippen LogP contribution < -0.4 is 0 Å². The van der Waals surface area contributed by atoms with Gasteiger partial charge in [-0.1, -0.05) is 18.2 Å². The summed E-state index contributed by atoms with van der Waals surface area (Å²) in [5, 5.41) is 28.8. The van der Waals surface area contributed by atoms with E-state index < -0.39 is 10.7 Å². The first kappa shape index (κ1) is 10.6. The van der Waals surface area contributed by atoms with Crippen LogP contribution in [0.3, 0.4) is 0 Å². The number of nitrogens with zero attached hydrogens (tertiary/aromatic N) is 1. The van der Waals surface area contributed by atoms with Gasteiger partial charge in [0.25, 0.3) is 5.69 Å². The maximum atomic E-state index is 10.5. The Morgan fingerprint density at radius 1 is 1.43 bits per heavy atom. The monoisotopic (exact) mass is 197 g/mol. The molecule has 2 N–H and O–H groups in total. The number of nitro groups is 1. The Morgan fingerprint density at radius 3 is 2.50 bits per heavy atom. The smallest absolute Gasteiger partial charge is 0.272 e. The van der Waals surface area contributed by atoms with Gasteiger partial charge in [0.2, 0.25) is 0 Å². The molecule has 0 radical (unpaired) electrons. The Morgan fingerprint density at radius 2 is 2.00 bits per heavy atom. The van der Waals surface area contributed by atoms with Gasteiger partial charge in [-0.25, -0.2) is 0 Å². The minimum atomic E-state index is -1.92. The summed E-state index contributed by atoms with van der Waals surface area (Å²) >= 11 is 0. The van der Waals surface area contributed by atoms with Crippen molar-refractivity contribution in [2.75, 3.05) is 0 Å². The van der Waals surface area contributed by atoms with E-state index in [0.29, 0.717) is 5.56 Å². The lowest BCUT2D eigenvalue weighted by Gasteiger charge is -2.15. The van der Waals surface area contributed by atoms with Crippen LogP contribution in [0.1, 0.15) is 12.5 Å². The average molecular weight is 197 g/mol. The van der Waals surface area contributed by atoms with Gasteiger partial charge in [0, 0.05) is 18.1 Å². The van der Waals surface area contributed by atoms with E-state index in [9.17, 15) is 10.1 Å². The number of nitro benzene ring substituents is 1. The first-order valence-electron chi connectivity index (χ1n) is 4.07. The summed E-state index contributed by atoms with van der Waals surface area (Å²) in [5.74, 6) is -1.92. The Bertz CT molecular complexity index is 343. The first-order chi connectivity index (χ1) is 6.40. The number of para-hydroxylation sites is 1. The lowest BCUT2D eigenvalue weighted by Crippen LogP contribution is -2.26. The molecular weight excluding hydrogens is 186 g/mol. The maximum Gasteiger partial charge on any atom is 0.272 e. The third kappa shape index (κ3) is 2.79. The van der Waals surface area contributed by atoms with Crippen molar-refractivity contribution in [3.05, 3.63) is 39.9 Å². The van der Waals surface area contributed by atoms with Crippen LogP contribution in [0.15, 0.2) is 24.3 Å². The molecule has 0 unspecified atom stereocenters.